The number of hydrogen-bond acceptors (Lipinski definition) is 4. The second kappa shape index (κ2) is 4.67. The number of carboxylic acids is 1. The lowest BCUT2D eigenvalue weighted by Gasteiger charge is -2.29. The smallest absolute Gasteiger partial charge is 0.323 e. The number of nitrogens with zero attached hydrogens (tertiary/aromatic N) is 1. The molecule has 0 amide bonds. The van der Waals surface area contributed by atoms with Crippen LogP contribution in [-0.2, 0) is 14.9 Å². The van der Waals surface area contributed by atoms with Gasteiger partial charge in [-0.15, -0.1) is 0 Å². The Morgan fingerprint density at radius 3 is 2.75 bits per heavy atom. The summed E-state index contributed by atoms with van der Waals surface area (Å²) in [6.45, 7) is 1.34. The van der Waals surface area contributed by atoms with E-state index in [9.17, 15) is 13.2 Å². The van der Waals surface area contributed by atoms with E-state index in [1.54, 1.807) is 12.2 Å². The number of carboxylic acid groups (broad SMARTS) is 1. The Bertz CT molecular complexity index is 437. The predicted octanol–water partition coefficient (Wildman–Crippen LogP) is 0.103. The summed E-state index contributed by atoms with van der Waals surface area (Å²) in [5, 5.41) is 7.54. The molecule has 0 saturated heterocycles. The second-order valence-corrected chi connectivity index (χ2v) is 5.19. The summed E-state index contributed by atoms with van der Waals surface area (Å²) in [7, 11) is -4.21. The molecule has 7 heteroatoms. The molecule has 1 aliphatic heterocycles. The second-order valence-electron chi connectivity index (χ2n) is 3.45. The van der Waals surface area contributed by atoms with E-state index in [0.29, 0.717) is 6.54 Å². The Morgan fingerprint density at radius 2 is 2.25 bits per heavy atom. The maximum atomic E-state index is 11.0. The van der Waals surface area contributed by atoms with Crippen molar-refractivity contribution < 1.29 is 22.9 Å². The van der Waals surface area contributed by atoms with Gasteiger partial charge in [-0.25, -0.2) is 0 Å². The molecule has 0 aromatic carbocycles. The zero-order valence-corrected chi connectivity index (χ0v) is 9.51. The van der Waals surface area contributed by atoms with Gasteiger partial charge >= 0.3 is 5.97 Å². The fourth-order valence-electron chi connectivity index (χ4n) is 1.43. The average molecular weight is 247 g/mol. The normalized spacial score (nSPS) is 18.1. The Balaban J connectivity index is 2.94. The van der Waals surface area contributed by atoms with E-state index in [0.717, 1.165) is 0 Å². The minimum Gasteiger partial charge on any atom is -0.480 e. The molecule has 1 aliphatic rings. The van der Waals surface area contributed by atoms with Gasteiger partial charge in [0.25, 0.3) is 10.1 Å². The van der Waals surface area contributed by atoms with Crippen LogP contribution in [0.15, 0.2) is 23.9 Å². The molecule has 0 fully saturated rings. The van der Waals surface area contributed by atoms with Crippen LogP contribution in [0.3, 0.4) is 0 Å². The van der Waals surface area contributed by atoms with E-state index in [1.165, 1.54) is 17.9 Å². The highest BCUT2D eigenvalue weighted by atomic mass is 32.2. The highest BCUT2D eigenvalue weighted by Gasteiger charge is 2.27. The molecular formula is C9H13NO5S. The highest BCUT2D eigenvalue weighted by molar-refractivity contribution is 7.86. The first-order valence-corrected chi connectivity index (χ1v) is 6.12. The first-order chi connectivity index (χ1) is 7.32. The van der Waals surface area contributed by atoms with Crippen molar-refractivity contribution in [2.45, 2.75) is 12.2 Å². The van der Waals surface area contributed by atoms with Crippen LogP contribution in [0, 0.1) is 0 Å². The van der Waals surface area contributed by atoms with Gasteiger partial charge < -0.3 is 10.0 Å². The Hall–Kier alpha value is -1.34. The maximum absolute atomic E-state index is 11.0. The van der Waals surface area contributed by atoms with Gasteiger partial charge in [0.15, 0.2) is 0 Å². The van der Waals surface area contributed by atoms with Crippen molar-refractivity contribution in [2.75, 3.05) is 13.1 Å². The summed E-state index contributed by atoms with van der Waals surface area (Å²) in [6, 6.07) is 0. The van der Waals surface area contributed by atoms with Crippen LogP contribution >= 0.6 is 0 Å². The summed E-state index contributed by atoms with van der Waals surface area (Å²) in [5.41, 5.74) is 0.285. The largest absolute Gasteiger partial charge is 0.480 e. The predicted molar refractivity (Wildman–Crippen MR) is 57.4 cm³/mol. The van der Waals surface area contributed by atoms with E-state index in [2.05, 4.69) is 0 Å². The van der Waals surface area contributed by atoms with Crippen LogP contribution in [0.25, 0.3) is 0 Å². The number of rotatable bonds is 4. The summed E-state index contributed by atoms with van der Waals surface area (Å²) >= 11 is 0. The summed E-state index contributed by atoms with van der Waals surface area (Å²) in [5.74, 6) is -1.05. The van der Waals surface area contributed by atoms with Gasteiger partial charge in [0.2, 0.25) is 0 Å². The molecule has 0 spiro atoms. The first kappa shape index (κ1) is 12.7. The zero-order valence-electron chi connectivity index (χ0n) is 8.70. The van der Waals surface area contributed by atoms with E-state index in [4.69, 9.17) is 9.66 Å². The standard InChI is InChI=1S/C9H13NO5S/c1-7(16(13,14)15)8-4-2-3-5-10(8)6-9(11)12/h2-4,7H,5-6H2,1H3,(H,11,12)(H,13,14,15). The molecule has 1 rings (SSSR count). The average Bonchev–Trinajstić information content (AvgIpc) is 2.15. The molecule has 0 aromatic heterocycles. The van der Waals surface area contributed by atoms with Crippen LogP contribution < -0.4 is 0 Å². The van der Waals surface area contributed by atoms with E-state index in [1.807, 2.05) is 0 Å². The lowest BCUT2D eigenvalue weighted by molar-refractivity contribution is -0.137. The Kier molecular flexibility index (Phi) is 3.71. The van der Waals surface area contributed by atoms with Crippen LogP contribution in [0.2, 0.25) is 0 Å². The Morgan fingerprint density at radius 1 is 1.62 bits per heavy atom. The third-order valence-corrected chi connectivity index (χ3v) is 3.42. The fourth-order valence-corrected chi connectivity index (χ4v) is 1.96. The maximum Gasteiger partial charge on any atom is 0.323 e. The minimum atomic E-state index is -4.21. The molecule has 1 heterocycles. The van der Waals surface area contributed by atoms with Gasteiger partial charge in [0.1, 0.15) is 11.8 Å². The molecule has 6 nitrogen and oxygen atoms in total. The number of hydrogen-bond donors (Lipinski definition) is 2. The minimum absolute atomic E-state index is 0.285. The summed E-state index contributed by atoms with van der Waals surface area (Å²) < 4.78 is 30.9. The molecule has 0 radical (unpaired) electrons. The summed E-state index contributed by atoms with van der Waals surface area (Å²) in [4.78, 5) is 12.0. The molecule has 0 aromatic rings. The van der Waals surface area contributed by atoms with E-state index < -0.39 is 21.3 Å². The molecule has 1 atom stereocenters. The third-order valence-electron chi connectivity index (χ3n) is 2.28. The lowest BCUT2D eigenvalue weighted by atomic mass is 10.2. The third kappa shape index (κ3) is 3.07. The van der Waals surface area contributed by atoms with E-state index in [-0.39, 0.29) is 12.2 Å². The first-order valence-electron chi connectivity index (χ1n) is 4.62. The highest BCUT2D eigenvalue weighted by Crippen LogP contribution is 2.18. The topological polar surface area (TPSA) is 94.9 Å². The van der Waals surface area contributed by atoms with Crippen LogP contribution in [0.4, 0.5) is 0 Å². The fraction of sp³-hybridized carbons (Fsp3) is 0.444. The SMILES string of the molecule is CC(C1=CC=CCN1CC(=O)O)S(=O)(=O)O. The molecule has 90 valence electrons. The van der Waals surface area contributed by atoms with Crippen LogP contribution in [0.1, 0.15) is 6.92 Å². The molecular weight excluding hydrogens is 234 g/mol. The van der Waals surface area contributed by atoms with Crippen LogP contribution in [0.5, 0.6) is 0 Å². The molecule has 1 unspecified atom stereocenters. The molecule has 2 N–H and O–H groups in total. The van der Waals surface area contributed by atoms with Gasteiger partial charge in [-0.2, -0.15) is 8.42 Å². The molecule has 16 heavy (non-hydrogen) atoms. The van der Waals surface area contributed by atoms with Crippen molar-refractivity contribution in [3.05, 3.63) is 23.9 Å². The molecule has 0 aliphatic carbocycles. The van der Waals surface area contributed by atoms with Crippen LogP contribution in [-0.4, -0.2) is 47.3 Å². The van der Waals surface area contributed by atoms with Crippen molar-refractivity contribution in [3.8, 4) is 0 Å². The monoisotopic (exact) mass is 247 g/mol. The van der Waals surface area contributed by atoms with Gasteiger partial charge in [-0.05, 0) is 13.0 Å². The van der Waals surface area contributed by atoms with Crippen molar-refractivity contribution in [3.63, 3.8) is 0 Å². The van der Waals surface area contributed by atoms with E-state index >= 15 is 0 Å². The summed E-state index contributed by atoms with van der Waals surface area (Å²) in [6.07, 6.45) is 4.84. The Labute approximate surface area is 93.6 Å². The van der Waals surface area contributed by atoms with Gasteiger partial charge in [0.05, 0.1) is 0 Å². The lowest BCUT2D eigenvalue weighted by Crippen LogP contribution is -2.37. The van der Waals surface area contributed by atoms with Gasteiger partial charge in [-0.1, -0.05) is 12.2 Å². The zero-order chi connectivity index (χ0) is 12.3. The van der Waals surface area contributed by atoms with Crippen molar-refractivity contribution >= 4 is 16.1 Å². The van der Waals surface area contributed by atoms with Crippen molar-refractivity contribution in [1.82, 2.24) is 4.90 Å². The van der Waals surface area contributed by atoms with Crippen molar-refractivity contribution in [1.29, 1.82) is 0 Å². The van der Waals surface area contributed by atoms with Gasteiger partial charge in [-0.3, -0.25) is 9.35 Å². The number of carbonyl (C=O) groups is 1. The molecule has 0 bridgehead atoms. The quantitative estimate of drug-likeness (QED) is 0.684. The number of aliphatic carboxylic acids is 1. The van der Waals surface area contributed by atoms with Crippen molar-refractivity contribution in [2.24, 2.45) is 0 Å². The van der Waals surface area contributed by atoms with Gasteiger partial charge in [0, 0.05) is 12.2 Å². The number of allylic oxidation sites excluding steroid dienone is 2. The molecule has 0 saturated carbocycles.